The van der Waals surface area contributed by atoms with Gasteiger partial charge in [-0.2, -0.15) is 0 Å². The van der Waals surface area contributed by atoms with Crippen LogP contribution in [0.5, 0.6) is 0 Å². The maximum Gasteiger partial charge on any atom is 0.284 e. The zero-order valence-corrected chi connectivity index (χ0v) is 13.4. The third kappa shape index (κ3) is 2.64. The molecule has 0 bridgehead atoms. The van der Waals surface area contributed by atoms with Gasteiger partial charge >= 0.3 is 0 Å². The number of carbonyl (C=O) groups excluding carboxylic acids is 1. The van der Waals surface area contributed by atoms with Crippen molar-refractivity contribution in [1.82, 2.24) is 4.57 Å². The van der Waals surface area contributed by atoms with Crippen LogP contribution >= 0.6 is 15.9 Å². The fourth-order valence-electron chi connectivity index (χ4n) is 2.47. The zero-order valence-electron chi connectivity index (χ0n) is 11.8. The molecule has 2 aromatic carbocycles. The fourth-order valence-corrected chi connectivity index (χ4v) is 2.86. The van der Waals surface area contributed by atoms with Crippen molar-refractivity contribution in [2.24, 2.45) is 0 Å². The van der Waals surface area contributed by atoms with E-state index >= 15 is 0 Å². The number of aliphatic hydroxyl groups is 1. The predicted octanol–water partition coefficient (Wildman–Crippen LogP) is 3.49. The molecule has 7 heteroatoms. The minimum absolute atomic E-state index is 0.172. The minimum Gasteiger partial charge on any atom is -0.392 e. The monoisotopic (exact) mass is 374 g/mol. The summed E-state index contributed by atoms with van der Waals surface area (Å²) in [5.41, 5.74) is 1.30. The maximum absolute atomic E-state index is 12.7. The van der Waals surface area contributed by atoms with Crippen molar-refractivity contribution in [1.29, 1.82) is 0 Å². The van der Waals surface area contributed by atoms with Gasteiger partial charge < -0.3 is 5.11 Å². The van der Waals surface area contributed by atoms with Crippen LogP contribution in [-0.2, 0) is 6.61 Å². The number of hydrogen-bond acceptors (Lipinski definition) is 4. The van der Waals surface area contributed by atoms with E-state index in [1.807, 2.05) is 12.1 Å². The summed E-state index contributed by atoms with van der Waals surface area (Å²) in [7, 11) is 0. The molecular formula is C16H11BrN2O4. The van der Waals surface area contributed by atoms with E-state index in [-0.39, 0.29) is 17.9 Å². The lowest BCUT2D eigenvalue weighted by Gasteiger charge is -2.05. The smallest absolute Gasteiger partial charge is 0.284 e. The molecule has 0 unspecified atom stereocenters. The van der Waals surface area contributed by atoms with Crippen LogP contribution in [0.2, 0.25) is 0 Å². The molecule has 0 amide bonds. The summed E-state index contributed by atoms with van der Waals surface area (Å²) >= 11 is 3.10. The zero-order chi connectivity index (χ0) is 16.6. The number of aliphatic hydroxyl groups excluding tert-OH is 1. The van der Waals surface area contributed by atoms with E-state index in [1.165, 1.54) is 22.8 Å². The first kappa shape index (κ1) is 15.4. The first-order valence-electron chi connectivity index (χ1n) is 6.71. The molecule has 0 aliphatic heterocycles. The number of benzene rings is 2. The molecule has 6 nitrogen and oxygen atoms in total. The van der Waals surface area contributed by atoms with Gasteiger partial charge in [0, 0.05) is 28.8 Å². The summed E-state index contributed by atoms with van der Waals surface area (Å²) in [5.74, 6) is -0.392. The summed E-state index contributed by atoms with van der Waals surface area (Å²) in [6.45, 7) is -0.193. The molecule has 1 heterocycles. The van der Waals surface area contributed by atoms with Gasteiger partial charge in [-0.05, 0) is 34.1 Å². The van der Waals surface area contributed by atoms with Crippen molar-refractivity contribution in [3.8, 4) is 0 Å². The van der Waals surface area contributed by atoms with Crippen molar-refractivity contribution in [2.75, 3.05) is 0 Å². The molecule has 0 spiro atoms. The summed E-state index contributed by atoms with van der Waals surface area (Å²) in [5, 5.41) is 21.2. The van der Waals surface area contributed by atoms with E-state index in [2.05, 4.69) is 15.9 Å². The Morgan fingerprint density at radius 2 is 2.00 bits per heavy atom. The van der Waals surface area contributed by atoms with Gasteiger partial charge in [0.1, 0.15) is 0 Å². The van der Waals surface area contributed by atoms with Crippen LogP contribution in [0.15, 0.2) is 53.1 Å². The first-order chi connectivity index (χ1) is 11.0. The van der Waals surface area contributed by atoms with Gasteiger partial charge in [0.05, 0.1) is 21.5 Å². The van der Waals surface area contributed by atoms with Crippen LogP contribution in [0.4, 0.5) is 5.69 Å². The summed E-state index contributed by atoms with van der Waals surface area (Å²) < 4.78 is 1.71. The molecule has 0 fully saturated rings. The lowest BCUT2D eigenvalue weighted by molar-refractivity contribution is -0.385. The minimum atomic E-state index is -0.548. The molecule has 0 saturated heterocycles. The molecule has 0 atom stereocenters. The highest BCUT2D eigenvalue weighted by molar-refractivity contribution is 9.10. The largest absolute Gasteiger partial charge is 0.392 e. The average Bonchev–Trinajstić information content (AvgIpc) is 2.93. The summed E-state index contributed by atoms with van der Waals surface area (Å²) in [4.78, 5) is 23.2. The number of nitro groups is 1. The number of carbonyl (C=O) groups is 1. The molecule has 0 saturated carbocycles. The van der Waals surface area contributed by atoms with Gasteiger partial charge in [0.2, 0.25) is 0 Å². The van der Waals surface area contributed by atoms with Crippen molar-refractivity contribution in [2.45, 2.75) is 6.61 Å². The van der Waals surface area contributed by atoms with Crippen LogP contribution in [0.25, 0.3) is 10.9 Å². The molecule has 1 aromatic heterocycles. The molecule has 0 radical (unpaired) electrons. The molecular weight excluding hydrogens is 364 g/mol. The van der Waals surface area contributed by atoms with Crippen LogP contribution in [0.3, 0.4) is 0 Å². The standard InChI is InChI=1S/C16H11BrN2O4/c17-13-6-5-10(7-15(13)19(22)23)16(21)18-8-11(9-20)12-3-1-2-4-14(12)18/h1-8,20H,9H2. The van der Waals surface area contributed by atoms with Crippen molar-refractivity contribution in [3.05, 3.63) is 74.4 Å². The van der Waals surface area contributed by atoms with Crippen molar-refractivity contribution in [3.63, 3.8) is 0 Å². The fraction of sp³-hybridized carbons (Fsp3) is 0.0625. The van der Waals surface area contributed by atoms with E-state index < -0.39 is 10.8 Å². The Morgan fingerprint density at radius 1 is 1.26 bits per heavy atom. The molecule has 0 aliphatic rings. The van der Waals surface area contributed by atoms with Crippen LogP contribution in [-0.4, -0.2) is 20.5 Å². The number of nitro benzene ring substituents is 1. The molecule has 23 heavy (non-hydrogen) atoms. The molecule has 0 aliphatic carbocycles. The second-order valence-electron chi connectivity index (χ2n) is 4.93. The Kier molecular flexibility index (Phi) is 3.97. The summed E-state index contributed by atoms with van der Waals surface area (Å²) in [6.07, 6.45) is 1.56. The Bertz CT molecular complexity index is 933. The number of fused-ring (bicyclic) bond motifs is 1. The van der Waals surface area contributed by atoms with Gasteiger partial charge in [-0.25, -0.2) is 0 Å². The molecule has 3 rings (SSSR count). The average molecular weight is 375 g/mol. The topological polar surface area (TPSA) is 85.4 Å². The number of halogens is 1. The number of aromatic nitrogens is 1. The molecule has 3 aromatic rings. The van der Waals surface area contributed by atoms with E-state index in [0.29, 0.717) is 15.6 Å². The van der Waals surface area contributed by atoms with E-state index in [4.69, 9.17) is 0 Å². The van der Waals surface area contributed by atoms with Crippen LogP contribution in [0.1, 0.15) is 15.9 Å². The molecule has 1 N–H and O–H groups in total. The number of rotatable bonds is 3. The third-order valence-electron chi connectivity index (χ3n) is 3.57. The van der Waals surface area contributed by atoms with Gasteiger partial charge in [-0.1, -0.05) is 18.2 Å². The highest BCUT2D eigenvalue weighted by Crippen LogP contribution is 2.27. The van der Waals surface area contributed by atoms with Crippen LogP contribution in [0, 0.1) is 10.1 Å². The normalized spacial score (nSPS) is 10.9. The quantitative estimate of drug-likeness (QED) is 0.561. The van der Waals surface area contributed by atoms with E-state index in [0.717, 1.165) is 5.39 Å². The van der Waals surface area contributed by atoms with Crippen molar-refractivity contribution >= 4 is 38.4 Å². The summed E-state index contributed by atoms with van der Waals surface area (Å²) in [6, 6.07) is 11.4. The van der Waals surface area contributed by atoms with Crippen molar-refractivity contribution < 1.29 is 14.8 Å². The predicted molar refractivity (Wildman–Crippen MR) is 88.4 cm³/mol. The third-order valence-corrected chi connectivity index (χ3v) is 4.24. The Labute approximate surface area is 139 Å². The molecule has 116 valence electrons. The van der Waals surface area contributed by atoms with E-state index in [9.17, 15) is 20.0 Å². The highest BCUT2D eigenvalue weighted by atomic mass is 79.9. The first-order valence-corrected chi connectivity index (χ1v) is 7.50. The second-order valence-corrected chi connectivity index (χ2v) is 5.78. The SMILES string of the molecule is O=C(c1ccc(Br)c([N+](=O)[O-])c1)n1cc(CO)c2ccccc21. The number of hydrogen-bond donors (Lipinski definition) is 1. The second kappa shape index (κ2) is 5.94. The Balaban J connectivity index is 2.15. The van der Waals surface area contributed by atoms with Crippen LogP contribution < -0.4 is 0 Å². The van der Waals surface area contributed by atoms with Gasteiger partial charge in [0.15, 0.2) is 0 Å². The Hall–Kier alpha value is -2.51. The highest BCUT2D eigenvalue weighted by Gasteiger charge is 2.19. The number of nitrogens with zero attached hydrogens (tertiary/aromatic N) is 2. The van der Waals surface area contributed by atoms with Gasteiger partial charge in [-0.3, -0.25) is 19.5 Å². The number of para-hydroxylation sites is 1. The van der Waals surface area contributed by atoms with Gasteiger partial charge in [-0.15, -0.1) is 0 Å². The lowest BCUT2D eigenvalue weighted by atomic mass is 10.2. The maximum atomic E-state index is 12.7. The lowest BCUT2D eigenvalue weighted by Crippen LogP contribution is -2.11. The van der Waals surface area contributed by atoms with E-state index in [1.54, 1.807) is 18.3 Å². The van der Waals surface area contributed by atoms with Gasteiger partial charge in [0.25, 0.3) is 11.6 Å². The Morgan fingerprint density at radius 3 is 2.70 bits per heavy atom.